The molecule has 2 aromatic rings. The van der Waals surface area contributed by atoms with Gasteiger partial charge in [-0.3, -0.25) is 19.6 Å². The van der Waals surface area contributed by atoms with Crippen LogP contribution in [0, 0.1) is 16.0 Å². The molecule has 2 N–H and O–H groups in total. The molecule has 9 nitrogen and oxygen atoms in total. The minimum Gasteiger partial charge on any atom is -0.349 e. The third-order valence-electron chi connectivity index (χ3n) is 6.67. The number of amides is 1. The number of carbonyl (C=O) groups excluding carboxylic acids is 1. The van der Waals surface area contributed by atoms with Gasteiger partial charge in [0.15, 0.2) is 0 Å². The van der Waals surface area contributed by atoms with E-state index < -0.39 is 14.9 Å². The molecule has 2 aliphatic rings. The number of nitro groups is 1. The predicted molar refractivity (Wildman–Crippen MR) is 129 cm³/mol. The number of piperidine rings is 1. The van der Waals surface area contributed by atoms with Crippen molar-refractivity contribution >= 4 is 27.3 Å². The van der Waals surface area contributed by atoms with E-state index in [-0.39, 0.29) is 33.8 Å². The Kier molecular flexibility index (Phi) is 7.47. The summed E-state index contributed by atoms with van der Waals surface area (Å²) in [4.78, 5) is 25.6. The molecule has 34 heavy (non-hydrogen) atoms. The molecule has 1 saturated heterocycles. The highest BCUT2D eigenvalue weighted by Crippen LogP contribution is 2.27. The van der Waals surface area contributed by atoms with E-state index in [2.05, 4.69) is 14.9 Å². The second-order valence-electron chi connectivity index (χ2n) is 9.10. The number of likely N-dealkylation sites (tertiary alicyclic amines) is 1. The molecular weight excluding hydrogens is 456 g/mol. The van der Waals surface area contributed by atoms with Crippen molar-refractivity contribution in [2.45, 2.75) is 49.5 Å². The number of hydrogen-bond acceptors (Lipinski definition) is 6. The van der Waals surface area contributed by atoms with Crippen LogP contribution in [0.2, 0.25) is 0 Å². The largest absolute Gasteiger partial charge is 0.349 e. The number of nitro benzene ring substituents is 1. The number of nitrogens with zero attached hydrogens (tertiary/aromatic N) is 2. The van der Waals surface area contributed by atoms with Crippen LogP contribution in [-0.2, 0) is 10.0 Å². The average molecular weight is 487 g/mol. The first-order valence-corrected chi connectivity index (χ1v) is 13.2. The normalized spacial score (nSPS) is 18.0. The maximum absolute atomic E-state index is 13.0. The molecule has 0 radical (unpaired) electrons. The molecule has 1 saturated carbocycles. The Morgan fingerprint density at radius 2 is 1.74 bits per heavy atom. The summed E-state index contributed by atoms with van der Waals surface area (Å²) in [6.45, 7) is 3.04. The highest BCUT2D eigenvalue weighted by atomic mass is 32.2. The summed E-state index contributed by atoms with van der Waals surface area (Å²) in [5.74, 6) is 0.462. The van der Waals surface area contributed by atoms with Crippen LogP contribution in [0.15, 0.2) is 53.4 Å². The first-order chi connectivity index (χ1) is 16.3. The number of hydrogen-bond donors (Lipinski definition) is 2. The smallest absolute Gasteiger partial charge is 0.270 e. The zero-order valence-electron chi connectivity index (χ0n) is 19.0. The van der Waals surface area contributed by atoms with Crippen LogP contribution in [0.5, 0.6) is 0 Å². The summed E-state index contributed by atoms with van der Waals surface area (Å²) in [6, 6.07) is 11.2. The van der Waals surface area contributed by atoms with Gasteiger partial charge in [-0.1, -0.05) is 31.0 Å². The lowest BCUT2D eigenvalue weighted by molar-refractivity contribution is -0.385. The van der Waals surface area contributed by atoms with Crippen molar-refractivity contribution in [3.8, 4) is 0 Å². The molecule has 2 aromatic carbocycles. The number of rotatable bonds is 8. The van der Waals surface area contributed by atoms with Crippen molar-refractivity contribution < 1.29 is 18.1 Å². The van der Waals surface area contributed by atoms with Crippen LogP contribution in [0.1, 0.15) is 48.9 Å². The maximum atomic E-state index is 13.0. The van der Waals surface area contributed by atoms with E-state index in [0.717, 1.165) is 44.5 Å². The minimum absolute atomic E-state index is 0.0359. The first kappa shape index (κ1) is 24.2. The van der Waals surface area contributed by atoms with Crippen LogP contribution >= 0.6 is 0 Å². The Labute approximate surface area is 199 Å². The van der Waals surface area contributed by atoms with E-state index in [4.69, 9.17) is 0 Å². The lowest BCUT2D eigenvalue weighted by atomic mass is 10.0. The van der Waals surface area contributed by atoms with Crippen molar-refractivity contribution in [1.29, 1.82) is 0 Å². The molecular formula is C24H30N4O5S. The lowest BCUT2D eigenvalue weighted by Gasteiger charge is -2.34. The number of para-hydroxylation sites is 1. The van der Waals surface area contributed by atoms with E-state index >= 15 is 0 Å². The first-order valence-electron chi connectivity index (χ1n) is 11.7. The Bertz CT molecular complexity index is 1140. The van der Waals surface area contributed by atoms with E-state index in [1.807, 2.05) is 0 Å². The van der Waals surface area contributed by atoms with Crippen LogP contribution in [0.4, 0.5) is 11.4 Å². The van der Waals surface area contributed by atoms with Crippen LogP contribution in [-0.4, -0.2) is 49.8 Å². The Hall–Kier alpha value is -2.98. The van der Waals surface area contributed by atoms with E-state index in [1.165, 1.54) is 49.9 Å². The number of sulfonamides is 1. The summed E-state index contributed by atoms with van der Waals surface area (Å²) >= 11 is 0. The Morgan fingerprint density at radius 1 is 1.03 bits per heavy atom. The standard InChI is InChI=1S/C24H30N4O5S/c29-24(25-19-12-14-27(15-13-19)17-18-6-1-2-7-18)22-10-3-4-11-23(22)26-34(32,33)21-9-5-8-20(16-21)28(30)31/h3-5,8-11,16,18-19,26H,1-2,6-7,12-15,17H2,(H,25,29). The van der Waals surface area contributed by atoms with Gasteiger partial charge in [-0.05, 0) is 49.8 Å². The highest BCUT2D eigenvalue weighted by Gasteiger charge is 2.26. The zero-order valence-corrected chi connectivity index (χ0v) is 19.8. The number of non-ortho nitro benzene ring substituents is 1. The van der Waals surface area contributed by atoms with Gasteiger partial charge in [0.05, 0.1) is 21.1 Å². The molecule has 1 amide bonds. The summed E-state index contributed by atoms with van der Waals surface area (Å²) in [5, 5.41) is 14.1. The van der Waals surface area contributed by atoms with Crippen LogP contribution < -0.4 is 10.0 Å². The Balaban J connectivity index is 1.39. The van der Waals surface area contributed by atoms with Gasteiger partial charge in [-0.15, -0.1) is 0 Å². The number of anilines is 1. The van der Waals surface area contributed by atoms with Gasteiger partial charge in [-0.25, -0.2) is 8.42 Å². The van der Waals surface area contributed by atoms with Gasteiger partial charge in [0.1, 0.15) is 0 Å². The highest BCUT2D eigenvalue weighted by molar-refractivity contribution is 7.92. The van der Waals surface area contributed by atoms with E-state index in [9.17, 15) is 23.3 Å². The fourth-order valence-electron chi connectivity index (χ4n) is 4.82. The summed E-state index contributed by atoms with van der Waals surface area (Å²) in [5.41, 5.74) is 0.0169. The van der Waals surface area contributed by atoms with Crippen LogP contribution in [0.3, 0.4) is 0 Å². The third kappa shape index (κ3) is 5.92. The van der Waals surface area contributed by atoms with Gasteiger partial charge in [0, 0.05) is 37.8 Å². The van der Waals surface area contributed by atoms with Gasteiger partial charge in [0.25, 0.3) is 21.6 Å². The number of nitrogens with one attached hydrogen (secondary N) is 2. The summed E-state index contributed by atoms with van der Waals surface area (Å²) in [7, 11) is -4.12. The fourth-order valence-corrected chi connectivity index (χ4v) is 5.94. The number of carbonyl (C=O) groups is 1. The second-order valence-corrected chi connectivity index (χ2v) is 10.8. The third-order valence-corrected chi connectivity index (χ3v) is 8.03. The molecule has 0 bridgehead atoms. The zero-order chi connectivity index (χ0) is 24.1. The molecule has 1 heterocycles. The molecule has 1 aliphatic heterocycles. The summed E-state index contributed by atoms with van der Waals surface area (Å²) in [6.07, 6.45) is 7.03. The van der Waals surface area contributed by atoms with Gasteiger partial charge < -0.3 is 10.2 Å². The lowest BCUT2D eigenvalue weighted by Crippen LogP contribution is -2.45. The van der Waals surface area contributed by atoms with E-state index in [0.29, 0.717) is 0 Å². The quantitative estimate of drug-likeness (QED) is 0.433. The SMILES string of the molecule is O=C(NC1CCN(CC2CCCC2)CC1)c1ccccc1NS(=O)(=O)c1cccc([N+](=O)[O-])c1. The fraction of sp³-hybridized carbons (Fsp3) is 0.458. The van der Waals surface area contributed by atoms with Crippen molar-refractivity contribution in [2.75, 3.05) is 24.4 Å². The molecule has 0 spiro atoms. The van der Waals surface area contributed by atoms with Crippen LogP contribution in [0.25, 0.3) is 0 Å². The Morgan fingerprint density at radius 3 is 2.44 bits per heavy atom. The number of benzene rings is 2. The molecule has 0 unspecified atom stereocenters. The average Bonchev–Trinajstić information content (AvgIpc) is 3.33. The molecule has 0 atom stereocenters. The molecule has 182 valence electrons. The molecule has 1 aliphatic carbocycles. The topological polar surface area (TPSA) is 122 Å². The molecule has 0 aromatic heterocycles. The molecule has 4 rings (SSSR count). The maximum Gasteiger partial charge on any atom is 0.270 e. The second kappa shape index (κ2) is 10.5. The van der Waals surface area contributed by atoms with Crippen molar-refractivity contribution in [2.24, 2.45) is 5.92 Å². The van der Waals surface area contributed by atoms with Gasteiger partial charge >= 0.3 is 0 Å². The van der Waals surface area contributed by atoms with Crippen molar-refractivity contribution in [3.63, 3.8) is 0 Å². The minimum atomic E-state index is -4.12. The van der Waals surface area contributed by atoms with E-state index in [1.54, 1.807) is 18.2 Å². The molecule has 10 heteroatoms. The predicted octanol–water partition coefficient (Wildman–Crippen LogP) is 3.78. The molecule has 2 fully saturated rings. The van der Waals surface area contributed by atoms with Gasteiger partial charge in [0.2, 0.25) is 0 Å². The van der Waals surface area contributed by atoms with Crippen molar-refractivity contribution in [1.82, 2.24) is 10.2 Å². The van der Waals surface area contributed by atoms with Gasteiger partial charge in [-0.2, -0.15) is 0 Å². The monoisotopic (exact) mass is 486 g/mol. The summed E-state index contributed by atoms with van der Waals surface area (Å²) < 4.78 is 28.1. The van der Waals surface area contributed by atoms with Crippen molar-refractivity contribution in [3.05, 3.63) is 64.2 Å².